The SMILES string of the molecule is CCNS(=O)(=O)c1ccccc1OCC1(N)CCCCC1. The molecule has 5 nitrogen and oxygen atoms in total. The molecule has 0 spiro atoms. The summed E-state index contributed by atoms with van der Waals surface area (Å²) in [4.78, 5) is 0.172. The van der Waals surface area contributed by atoms with Gasteiger partial charge in [-0.2, -0.15) is 0 Å². The van der Waals surface area contributed by atoms with Crippen molar-refractivity contribution >= 4 is 10.0 Å². The second kappa shape index (κ2) is 6.77. The molecule has 21 heavy (non-hydrogen) atoms. The fourth-order valence-electron chi connectivity index (χ4n) is 2.68. The zero-order chi connectivity index (χ0) is 15.3. The quantitative estimate of drug-likeness (QED) is 0.842. The third kappa shape index (κ3) is 4.18. The number of hydrogen-bond acceptors (Lipinski definition) is 4. The number of rotatable bonds is 6. The van der Waals surface area contributed by atoms with Gasteiger partial charge in [0.25, 0.3) is 0 Å². The van der Waals surface area contributed by atoms with Crippen molar-refractivity contribution in [2.24, 2.45) is 5.73 Å². The molecule has 1 aromatic carbocycles. The molecular weight excluding hydrogens is 288 g/mol. The number of benzene rings is 1. The van der Waals surface area contributed by atoms with Crippen LogP contribution in [0.5, 0.6) is 5.75 Å². The first-order valence-electron chi connectivity index (χ1n) is 7.47. The Bertz CT molecular complexity index is 566. The van der Waals surface area contributed by atoms with Gasteiger partial charge in [0.1, 0.15) is 17.3 Å². The fourth-order valence-corrected chi connectivity index (χ4v) is 3.87. The Balaban J connectivity index is 2.13. The van der Waals surface area contributed by atoms with Crippen LogP contribution in [0.25, 0.3) is 0 Å². The van der Waals surface area contributed by atoms with Gasteiger partial charge in [-0.3, -0.25) is 0 Å². The summed E-state index contributed by atoms with van der Waals surface area (Å²) in [5.74, 6) is 0.369. The molecule has 1 aliphatic rings. The predicted octanol–water partition coefficient (Wildman–Crippen LogP) is 2.03. The van der Waals surface area contributed by atoms with Gasteiger partial charge < -0.3 is 10.5 Å². The van der Waals surface area contributed by atoms with E-state index in [4.69, 9.17) is 10.5 Å². The molecule has 0 amide bonds. The van der Waals surface area contributed by atoms with Crippen molar-refractivity contribution in [2.75, 3.05) is 13.2 Å². The highest BCUT2D eigenvalue weighted by Gasteiger charge is 2.29. The minimum atomic E-state index is -3.53. The lowest BCUT2D eigenvalue weighted by molar-refractivity contribution is 0.170. The molecule has 0 unspecified atom stereocenters. The minimum Gasteiger partial charge on any atom is -0.490 e. The van der Waals surface area contributed by atoms with Crippen molar-refractivity contribution in [2.45, 2.75) is 49.5 Å². The number of sulfonamides is 1. The van der Waals surface area contributed by atoms with E-state index in [1.807, 2.05) is 0 Å². The largest absolute Gasteiger partial charge is 0.490 e. The summed E-state index contributed by atoms with van der Waals surface area (Å²) >= 11 is 0. The molecule has 3 N–H and O–H groups in total. The first kappa shape index (κ1) is 16.3. The number of para-hydroxylation sites is 1. The van der Waals surface area contributed by atoms with Crippen LogP contribution >= 0.6 is 0 Å². The third-order valence-electron chi connectivity index (χ3n) is 3.84. The van der Waals surface area contributed by atoms with Crippen LogP contribution < -0.4 is 15.2 Å². The highest BCUT2D eigenvalue weighted by molar-refractivity contribution is 7.89. The monoisotopic (exact) mass is 312 g/mol. The van der Waals surface area contributed by atoms with Crippen molar-refractivity contribution in [3.05, 3.63) is 24.3 Å². The topological polar surface area (TPSA) is 81.4 Å². The maximum atomic E-state index is 12.2. The first-order chi connectivity index (χ1) is 9.97. The van der Waals surface area contributed by atoms with Gasteiger partial charge in [-0.15, -0.1) is 0 Å². The van der Waals surface area contributed by atoms with E-state index in [9.17, 15) is 8.42 Å². The Morgan fingerprint density at radius 1 is 1.24 bits per heavy atom. The minimum absolute atomic E-state index is 0.172. The van der Waals surface area contributed by atoms with Gasteiger partial charge in [-0.05, 0) is 25.0 Å². The molecule has 0 saturated heterocycles. The Morgan fingerprint density at radius 3 is 2.57 bits per heavy atom. The summed E-state index contributed by atoms with van der Waals surface area (Å²) in [7, 11) is -3.53. The molecule has 1 fully saturated rings. The highest BCUT2D eigenvalue weighted by atomic mass is 32.2. The van der Waals surface area contributed by atoms with E-state index in [1.165, 1.54) is 6.42 Å². The van der Waals surface area contributed by atoms with Crippen molar-refractivity contribution in [3.63, 3.8) is 0 Å². The normalized spacial score (nSPS) is 18.4. The van der Waals surface area contributed by atoms with E-state index in [0.717, 1.165) is 25.7 Å². The Morgan fingerprint density at radius 2 is 1.90 bits per heavy atom. The van der Waals surface area contributed by atoms with Crippen LogP contribution in [0.15, 0.2) is 29.2 Å². The fraction of sp³-hybridized carbons (Fsp3) is 0.600. The van der Waals surface area contributed by atoms with Crippen LogP contribution in [0.3, 0.4) is 0 Å². The van der Waals surface area contributed by atoms with Crippen LogP contribution in [-0.4, -0.2) is 27.1 Å². The lowest BCUT2D eigenvalue weighted by Gasteiger charge is -2.33. The van der Waals surface area contributed by atoms with Crippen molar-refractivity contribution in [3.8, 4) is 5.75 Å². The van der Waals surface area contributed by atoms with Gasteiger partial charge in [0.15, 0.2) is 0 Å². The maximum absolute atomic E-state index is 12.2. The molecule has 0 radical (unpaired) electrons. The van der Waals surface area contributed by atoms with E-state index in [0.29, 0.717) is 18.9 Å². The number of ether oxygens (including phenoxy) is 1. The van der Waals surface area contributed by atoms with Gasteiger partial charge >= 0.3 is 0 Å². The molecule has 0 bridgehead atoms. The van der Waals surface area contributed by atoms with Gasteiger partial charge in [0.05, 0.1) is 5.54 Å². The van der Waals surface area contributed by atoms with Crippen LogP contribution in [-0.2, 0) is 10.0 Å². The predicted molar refractivity (Wildman–Crippen MR) is 82.8 cm³/mol. The zero-order valence-electron chi connectivity index (χ0n) is 12.5. The number of nitrogens with two attached hydrogens (primary N) is 1. The maximum Gasteiger partial charge on any atom is 0.244 e. The lowest BCUT2D eigenvalue weighted by Crippen LogP contribution is -2.47. The average molecular weight is 312 g/mol. The van der Waals surface area contributed by atoms with Crippen LogP contribution in [0, 0.1) is 0 Å². The molecule has 1 aromatic rings. The van der Waals surface area contributed by atoms with E-state index >= 15 is 0 Å². The molecule has 1 saturated carbocycles. The molecule has 118 valence electrons. The average Bonchev–Trinajstić information content (AvgIpc) is 2.46. The Kier molecular flexibility index (Phi) is 5.24. The second-order valence-electron chi connectivity index (χ2n) is 5.66. The molecule has 1 aliphatic carbocycles. The van der Waals surface area contributed by atoms with E-state index < -0.39 is 10.0 Å². The van der Waals surface area contributed by atoms with E-state index in [1.54, 1.807) is 31.2 Å². The third-order valence-corrected chi connectivity index (χ3v) is 5.42. The summed E-state index contributed by atoms with van der Waals surface area (Å²) in [5.41, 5.74) is 5.99. The van der Waals surface area contributed by atoms with Crippen LogP contribution in [0.1, 0.15) is 39.0 Å². The Labute approximate surface area is 126 Å². The van der Waals surface area contributed by atoms with Crippen molar-refractivity contribution in [1.29, 1.82) is 0 Å². The Hall–Kier alpha value is -1.11. The lowest BCUT2D eigenvalue weighted by atomic mass is 9.83. The molecule has 0 aliphatic heterocycles. The van der Waals surface area contributed by atoms with Crippen molar-refractivity contribution < 1.29 is 13.2 Å². The smallest absolute Gasteiger partial charge is 0.244 e. The molecule has 0 heterocycles. The summed E-state index contributed by atoms with van der Waals surface area (Å²) in [5, 5.41) is 0. The zero-order valence-corrected chi connectivity index (χ0v) is 13.3. The first-order valence-corrected chi connectivity index (χ1v) is 8.95. The highest BCUT2D eigenvalue weighted by Crippen LogP contribution is 2.29. The van der Waals surface area contributed by atoms with Crippen LogP contribution in [0.4, 0.5) is 0 Å². The standard InChI is InChI=1S/C15H24N2O3S/c1-2-17-21(18,19)14-9-5-4-8-13(14)20-12-15(16)10-6-3-7-11-15/h4-5,8-9,17H,2-3,6-7,10-12,16H2,1H3. The van der Waals surface area contributed by atoms with Gasteiger partial charge in [0.2, 0.25) is 10.0 Å². The van der Waals surface area contributed by atoms with Crippen molar-refractivity contribution in [1.82, 2.24) is 4.72 Å². The number of hydrogen-bond donors (Lipinski definition) is 2. The summed E-state index contributed by atoms with van der Waals surface area (Å²) in [6.45, 7) is 2.45. The molecule has 0 atom stereocenters. The van der Waals surface area contributed by atoms with Gasteiger partial charge in [-0.25, -0.2) is 13.1 Å². The summed E-state index contributed by atoms with van der Waals surface area (Å²) < 4.78 is 32.6. The van der Waals surface area contributed by atoms with E-state index in [2.05, 4.69) is 4.72 Å². The molecule has 6 heteroatoms. The van der Waals surface area contributed by atoms with Gasteiger partial charge in [0, 0.05) is 6.54 Å². The van der Waals surface area contributed by atoms with Gasteiger partial charge in [-0.1, -0.05) is 38.3 Å². The van der Waals surface area contributed by atoms with Crippen LogP contribution in [0.2, 0.25) is 0 Å². The van der Waals surface area contributed by atoms with E-state index in [-0.39, 0.29) is 10.4 Å². The number of nitrogens with one attached hydrogen (secondary N) is 1. The summed E-state index contributed by atoms with van der Waals surface area (Å²) in [6.07, 6.45) is 5.28. The molecule has 0 aromatic heterocycles. The molecule has 2 rings (SSSR count). The summed E-state index contributed by atoms with van der Waals surface area (Å²) in [6, 6.07) is 6.69. The second-order valence-corrected chi connectivity index (χ2v) is 7.40. The molecular formula is C15H24N2O3S.